The van der Waals surface area contributed by atoms with Gasteiger partial charge in [-0.15, -0.1) is 0 Å². The smallest absolute Gasteiger partial charge is 0.256 e. The molecule has 0 radical (unpaired) electrons. The summed E-state index contributed by atoms with van der Waals surface area (Å²) >= 11 is 0. The van der Waals surface area contributed by atoms with Gasteiger partial charge in [-0.25, -0.2) is 13.7 Å². The Morgan fingerprint density at radius 2 is 1.46 bits per heavy atom. The van der Waals surface area contributed by atoms with E-state index in [1.807, 2.05) is 18.2 Å². The van der Waals surface area contributed by atoms with Crippen molar-refractivity contribution in [3.63, 3.8) is 0 Å². The van der Waals surface area contributed by atoms with E-state index >= 15 is 0 Å². The number of para-hydroxylation sites is 1. The molecule has 3 aromatic rings. The quantitative estimate of drug-likeness (QED) is 0.361. The highest BCUT2D eigenvalue weighted by Crippen LogP contribution is 2.15. The molecule has 0 aliphatic carbocycles. The van der Waals surface area contributed by atoms with E-state index in [4.69, 9.17) is 0 Å². The van der Waals surface area contributed by atoms with Crippen molar-refractivity contribution < 1.29 is 23.2 Å². The highest BCUT2D eigenvalue weighted by Gasteiger charge is 2.28. The average Bonchev–Trinajstić information content (AvgIpc) is 2.86. The van der Waals surface area contributed by atoms with E-state index in [2.05, 4.69) is 22.8 Å². The van der Waals surface area contributed by atoms with Crippen LogP contribution in [0.2, 0.25) is 0 Å². The lowest BCUT2D eigenvalue weighted by molar-refractivity contribution is -0.130. The summed E-state index contributed by atoms with van der Waals surface area (Å²) in [6.07, 6.45) is 2.47. The standard InChI is InChI=1S/C29H31F2N3O3/c1-21(33-27(35)18-23-16-24(30)19-25(31)17-23)29(37)34(26-13-6-3-7-14-26)28(36)20-32-15-9-8-12-22-10-4-2-5-11-22/h2-7,10-11,13-14,16-17,19,21,32H,8-9,12,15,18,20H2,1H3,(H,33,35)/t21-/m0/s1. The molecule has 0 saturated carbocycles. The minimum absolute atomic E-state index is 0.0464. The number of carbonyl (C=O) groups is 3. The van der Waals surface area contributed by atoms with Gasteiger partial charge in [-0.1, -0.05) is 48.5 Å². The predicted molar refractivity (Wildman–Crippen MR) is 139 cm³/mol. The van der Waals surface area contributed by atoms with Crippen molar-refractivity contribution in [3.05, 3.63) is 102 Å². The van der Waals surface area contributed by atoms with E-state index in [1.165, 1.54) is 12.5 Å². The second kappa shape index (κ2) is 14.0. The number of unbranched alkanes of at least 4 members (excludes halogenated alkanes) is 1. The molecule has 8 heteroatoms. The van der Waals surface area contributed by atoms with Crippen LogP contribution in [0.4, 0.5) is 14.5 Å². The van der Waals surface area contributed by atoms with Crippen LogP contribution in [0.15, 0.2) is 78.9 Å². The number of halogens is 2. The summed E-state index contributed by atoms with van der Waals surface area (Å²) in [5.41, 5.74) is 1.79. The van der Waals surface area contributed by atoms with Crippen molar-refractivity contribution in [1.29, 1.82) is 0 Å². The lowest BCUT2D eigenvalue weighted by atomic mass is 10.1. The number of carbonyl (C=O) groups excluding carboxylic acids is 3. The van der Waals surface area contributed by atoms with Crippen molar-refractivity contribution in [1.82, 2.24) is 10.6 Å². The number of rotatable bonds is 12. The van der Waals surface area contributed by atoms with Crippen LogP contribution in [0.3, 0.4) is 0 Å². The first kappa shape index (κ1) is 27.7. The van der Waals surface area contributed by atoms with Gasteiger partial charge in [0.2, 0.25) is 11.8 Å². The number of imide groups is 1. The summed E-state index contributed by atoms with van der Waals surface area (Å²) < 4.78 is 26.8. The third-order valence-electron chi connectivity index (χ3n) is 5.71. The molecule has 194 valence electrons. The highest BCUT2D eigenvalue weighted by atomic mass is 19.1. The first-order chi connectivity index (χ1) is 17.8. The maximum absolute atomic E-state index is 13.4. The van der Waals surface area contributed by atoms with E-state index < -0.39 is 35.4 Å². The fraction of sp³-hybridized carbons (Fsp3) is 0.276. The maximum Gasteiger partial charge on any atom is 0.256 e. The Hall–Kier alpha value is -3.91. The Labute approximate surface area is 215 Å². The van der Waals surface area contributed by atoms with Crippen LogP contribution in [0.5, 0.6) is 0 Å². The summed E-state index contributed by atoms with van der Waals surface area (Å²) in [7, 11) is 0. The Balaban J connectivity index is 1.55. The van der Waals surface area contributed by atoms with Crippen LogP contribution in [0.25, 0.3) is 0 Å². The Morgan fingerprint density at radius 1 is 0.838 bits per heavy atom. The zero-order chi connectivity index (χ0) is 26.6. The summed E-state index contributed by atoms with van der Waals surface area (Å²) in [4.78, 5) is 39.7. The number of nitrogens with one attached hydrogen (secondary N) is 2. The Bertz CT molecular complexity index is 1170. The molecule has 0 fully saturated rings. The van der Waals surface area contributed by atoms with E-state index in [9.17, 15) is 23.2 Å². The fourth-order valence-electron chi connectivity index (χ4n) is 3.92. The molecule has 0 heterocycles. The lowest BCUT2D eigenvalue weighted by Crippen LogP contribution is -2.51. The number of aryl methyl sites for hydroxylation is 1. The summed E-state index contributed by atoms with van der Waals surface area (Å²) in [6, 6.07) is 20.4. The summed E-state index contributed by atoms with van der Waals surface area (Å²) in [5.74, 6) is -3.24. The minimum Gasteiger partial charge on any atom is -0.344 e. The van der Waals surface area contributed by atoms with Gasteiger partial charge in [-0.05, 0) is 68.1 Å². The molecule has 0 aliphatic heterocycles. The van der Waals surface area contributed by atoms with Gasteiger partial charge in [0.1, 0.15) is 17.7 Å². The molecule has 0 aliphatic rings. The van der Waals surface area contributed by atoms with Gasteiger partial charge in [-0.2, -0.15) is 0 Å². The van der Waals surface area contributed by atoms with E-state index in [0.717, 1.165) is 36.3 Å². The van der Waals surface area contributed by atoms with Gasteiger partial charge >= 0.3 is 0 Å². The van der Waals surface area contributed by atoms with Gasteiger partial charge < -0.3 is 10.6 Å². The van der Waals surface area contributed by atoms with Gasteiger partial charge in [0, 0.05) is 6.07 Å². The van der Waals surface area contributed by atoms with Gasteiger partial charge in [0.05, 0.1) is 18.7 Å². The fourth-order valence-corrected chi connectivity index (χ4v) is 3.92. The molecule has 0 bridgehead atoms. The van der Waals surface area contributed by atoms with Crippen LogP contribution in [0.1, 0.15) is 30.9 Å². The predicted octanol–water partition coefficient (Wildman–Crippen LogP) is 4.18. The monoisotopic (exact) mass is 507 g/mol. The molecule has 0 spiro atoms. The van der Waals surface area contributed by atoms with Crippen LogP contribution < -0.4 is 15.5 Å². The summed E-state index contributed by atoms with van der Waals surface area (Å²) in [6.45, 7) is 2.04. The molecule has 3 amide bonds. The van der Waals surface area contributed by atoms with Crippen molar-refractivity contribution in [2.75, 3.05) is 18.0 Å². The van der Waals surface area contributed by atoms with E-state index in [-0.39, 0.29) is 18.5 Å². The zero-order valence-corrected chi connectivity index (χ0v) is 20.8. The topological polar surface area (TPSA) is 78.5 Å². The third kappa shape index (κ3) is 8.91. The van der Waals surface area contributed by atoms with Crippen molar-refractivity contribution >= 4 is 23.4 Å². The van der Waals surface area contributed by atoms with Gasteiger partial charge in [0.15, 0.2) is 0 Å². The maximum atomic E-state index is 13.4. The lowest BCUT2D eigenvalue weighted by Gasteiger charge is -2.25. The number of amides is 3. The normalized spacial score (nSPS) is 11.5. The number of nitrogens with zero attached hydrogens (tertiary/aromatic N) is 1. The molecule has 1 atom stereocenters. The molecule has 3 rings (SSSR count). The number of hydrogen-bond acceptors (Lipinski definition) is 4. The average molecular weight is 508 g/mol. The largest absolute Gasteiger partial charge is 0.344 e. The van der Waals surface area contributed by atoms with Crippen molar-refractivity contribution in [2.24, 2.45) is 0 Å². The Morgan fingerprint density at radius 3 is 2.11 bits per heavy atom. The number of hydrogen-bond donors (Lipinski definition) is 2. The number of benzene rings is 3. The first-order valence-corrected chi connectivity index (χ1v) is 12.2. The highest BCUT2D eigenvalue weighted by molar-refractivity contribution is 6.17. The SMILES string of the molecule is C[C@H](NC(=O)Cc1cc(F)cc(F)c1)C(=O)N(C(=O)CNCCCCc1ccccc1)c1ccccc1. The summed E-state index contributed by atoms with van der Waals surface area (Å²) in [5, 5.41) is 5.62. The van der Waals surface area contributed by atoms with Gasteiger partial charge in [-0.3, -0.25) is 14.4 Å². The van der Waals surface area contributed by atoms with Crippen LogP contribution in [-0.4, -0.2) is 36.9 Å². The van der Waals surface area contributed by atoms with E-state index in [1.54, 1.807) is 30.3 Å². The second-order valence-electron chi connectivity index (χ2n) is 8.77. The second-order valence-corrected chi connectivity index (χ2v) is 8.77. The Kier molecular flexibility index (Phi) is 10.5. The van der Waals surface area contributed by atoms with Crippen LogP contribution in [-0.2, 0) is 27.2 Å². The van der Waals surface area contributed by atoms with Crippen LogP contribution in [0, 0.1) is 11.6 Å². The van der Waals surface area contributed by atoms with Crippen LogP contribution >= 0.6 is 0 Å². The van der Waals surface area contributed by atoms with Crippen molar-refractivity contribution in [2.45, 2.75) is 38.6 Å². The zero-order valence-electron chi connectivity index (χ0n) is 20.8. The molecule has 0 saturated heterocycles. The molecule has 37 heavy (non-hydrogen) atoms. The molecular weight excluding hydrogens is 476 g/mol. The van der Waals surface area contributed by atoms with Gasteiger partial charge in [0.25, 0.3) is 5.91 Å². The van der Waals surface area contributed by atoms with Crippen molar-refractivity contribution in [3.8, 4) is 0 Å². The minimum atomic E-state index is -1.04. The molecule has 2 N–H and O–H groups in total. The molecule has 3 aromatic carbocycles. The molecule has 6 nitrogen and oxygen atoms in total. The molecule has 0 aromatic heterocycles. The molecule has 0 unspecified atom stereocenters. The third-order valence-corrected chi connectivity index (χ3v) is 5.71. The number of anilines is 1. The first-order valence-electron chi connectivity index (χ1n) is 12.2. The molecular formula is C29H31F2N3O3. The van der Waals surface area contributed by atoms with E-state index in [0.29, 0.717) is 18.3 Å².